The second kappa shape index (κ2) is 4.42. The van der Waals surface area contributed by atoms with Gasteiger partial charge < -0.3 is 15.3 Å². The molecule has 0 aromatic heterocycles. The number of carbonyl (C=O) groups is 1. The molecule has 4 nitrogen and oxygen atoms in total. The first-order chi connectivity index (χ1) is 5.75. The Morgan fingerprint density at radius 2 is 2.50 bits per heavy atom. The number of β-amino-alcohol motifs (C(OH)–C–C–N with tert-alkyl or cyclic N) is 1. The molecule has 12 heavy (non-hydrogen) atoms. The number of amides is 1. The van der Waals surface area contributed by atoms with Gasteiger partial charge in [-0.3, -0.25) is 4.79 Å². The van der Waals surface area contributed by atoms with Gasteiger partial charge in [-0.1, -0.05) is 6.92 Å². The molecule has 1 heterocycles. The summed E-state index contributed by atoms with van der Waals surface area (Å²) in [5.74, 6) is 0.188. The van der Waals surface area contributed by atoms with Crippen LogP contribution in [-0.2, 0) is 4.79 Å². The Kier molecular flexibility index (Phi) is 3.49. The summed E-state index contributed by atoms with van der Waals surface area (Å²) in [5.41, 5.74) is 0. The van der Waals surface area contributed by atoms with E-state index in [9.17, 15) is 4.79 Å². The number of nitrogens with one attached hydrogen (secondary N) is 1. The van der Waals surface area contributed by atoms with E-state index in [1.54, 1.807) is 4.90 Å². The second-order valence-corrected chi connectivity index (χ2v) is 3.15. The first kappa shape index (κ1) is 9.48. The summed E-state index contributed by atoms with van der Waals surface area (Å²) in [6, 6.07) is 0. The predicted octanol–water partition coefficient (Wildman–Crippen LogP) is -0.953. The summed E-state index contributed by atoms with van der Waals surface area (Å²) in [4.78, 5) is 13.2. The highest BCUT2D eigenvalue weighted by atomic mass is 16.3. The molecule has 0 saturated carbocycles. The average molecular weight is 172 g/mol. The van der Waals surface area contributed by atoms with E-state index in [1.807, 2.05) is 6.92 Å². The molecule has 1 fully saturated rings. The molecular weight excluding hydrogens is 156 g/mol. The lowest BCUT2D eigenvalue weighted by molar-refractivity contribution is -0.134. The first-order valence-corrected chi connectivity index (χ1v) is 4.36. The van der Waals surface area contributed by atoms with Crippen molar-refractivity contribution in [2.24, 2.45) is 5.92 Å². The van der Waals surface area contributed by atoms with Crippen molar-refractivity contribution in [2.75, 3.05) is 32.8 Å². The molecule has 1 rings (SSSR count). The molecule has 1 aliphatic heterocycles. The highest BCUT2D eigenvalue weighted by molar-refractivity contribution is 5.79. The largest absolute Gasteiger partial charge is 0.395 e. The van der Waals surface area contributed by atoms with Crippen LogP contribution in [0.25, 0.3) is 0 Å². The maximum Gasteiger partial charge on any atom is 0.226 e. The van der Waals surface area contributed by atoms with Gasteiger partial charge in [0.2, 0.25) is 5.91 Å². The Balaban J connectivity index is 2.52. The average Bonchev–Trinajstić information content (AvgIpc) is 2.20. The zero-order chi connectivity index (χ0) is 8.97. The Hall–Kier alpha value is -0.610. The Labute approximate surface area is 72.6 Å². The molecule has 1 aliphatic rings. The van der Waals surface area contributed by atoms with E-state index in [1.165, 1.54) is 0 Å². The number of nitrogens with zero attached hydrogens (tertiary/aromatic N) is 1. The topological polar surface area (TPSA) is 52.6 Å². The lowest BCUT2D eigenvalue weighted by Crippen LogP contribution is -2.37. The highest BCUT2D eigenvalue weighted by Gasteiger charge is 2.21. The van der Waals surface area contributed by atoms with Gasteiger partial charge in [-0.05, 0) is 0 Å². The van der Waals surface area contributed by atoms with E-state index >= 15 is 0 Å². The van der Waals surface area contributed by atoms with Crippen LogP contribution in [0, 0.1) is 5.92 Å². The molecule has 2 N–H and O–H groups in total. The molecule has 4 heteroatoms. The molecule has 1 atom stereocenters. The summed E-state index contributed by atoms with van der Waals surface area (Å²) in [7, 11) is 0. The summed E-state index contributed by atoms with van der Waals surface area (Å²) in [6.07, 6.45) is 0. The van der Waals surface area contributed by atoms with E-state index in [2.05, 4.69) is 5.32 Å². The number of hydrogen-bond acceptors (Lipinski definition) is 3. The molecule has 70 valence electrons. The molecular formula is C8H16N2O2. The Morgan fingerprint density at radius 1 is 1.75 bits per heavy atom. The Morgan fingerprint density at radius 3 is 3.17 bits per heavy atom. The molecule has 1 saturated heterocycles. The van der Waals surface area contributed by atoms with Crippen LogP contribution in [-0.4, -0.2) is 48.7 Å². The molecule has 0 radical (unpaired) electrons. The predicted molar refractivity (Wildman–Crippen MR) is 45.7 cm³/mol. The van der Waals surface area contributed by atoms with Crippen molar-refractivity contribution in [3.05, 3.63) is 0 Å². The van der Waals surface area contributed by atoms with E-state index in [0.717, 1.165) is 13.1 Å². The molecule has 0 spiro atoms. The van der Waals surface area contributed by atoms with Crippen molar-refractivity contribution in [3.63, 3.8) is 0 Å². The zero-order valence-electron chi connectivity index (χ0n) is 7.42. The maximum absolute atomic E-state index is 11.5. The second-order valence-electron chi connectivity index (χ2n) is 3.15. The molecule has 0 aromatic rings. The lowest BCUT2D eigenvalue weighted by Gasteiger charge is -2.20. The third-order valence-corrected chi connectivity index (χ3v) is 2.11. The van der Waals surface area contributed by atoms with Crippen LogP contribution in [0.15, 0.2) is 0 Å². The fourth-order valence-electron chi connectivity index (χ4n) is 1.38. The number of hydrogen-bond donors (Lipinski definition) is 2. The molecule has 1 unspecified atom stereocenters. The third kappa shape index (κ3) is 2.19. The minimum absolute atomic E-state index is 0.0408. The van der Waals surface area contributed by atoms with Crippen LogP contribution in [0.3, 0.4) is 0 Å². The maximum atomic E-state index is 11.5. The summed E-state index contributed by atoms with van der Waals surface area (Å²) in [6.45, 7) is 4.72. The standard InChI is InChI=1S/C8H16N2O2/c1-7-6-9-2-3-10(4-5-11)8(7)12/h7,9,11H,2-6H2,1H3. The van der Waals surface area contributed by atoms with Crippen LogP contribution in [0.4, 0.5) is 0 Å². The van der Waals surface area contributed by atoms with Crippen molar-refractivity contribution in [2.45, 2.75) is 6.92 Å². The minimum atomic E-state index is 0.0408. The van der Waals surface area contributed by atoms with E-state index in [0.29, 0.717) is 13.1 Å². The monoisotopic (exact) mass is 172 g/mol. The van der Waals surface area contributed by atoms with Crippen molar-refractivity contribution >= 4 is 5.91 Å². The van der Waals surface area contributed by atoms with Crippen molar-refractivity contribution in [1.29, 1.82) is 0 Å². The van der Waals surface area contributed by atoms with Crippen LogP contribution < -0.4 is 5.32 Å². The van der Waals surface area contributed by atoms with Crippen LogP contribution in [0.2, 0.25) is 0 Å². The van der Waals surface area contributed by atoms with Crippen LogP contribution in [0.5, 0.6) is 0 Å². The first-order valence-electron chi connectivity index (χ1n) is 4.36. The number of rotatable bonds is 2. The van der Waals surface area contributed by atoms with E-state index in [-0.39, 0.29) is 18.4 Å². The van der Waals surface area contributed by atoms with Crippen molar-refractivity contribution < 1.29 is 9.90 Å². The normalized spacial score (nSPS) is 25.7. The fourth-order valence-corrected chi connectivity index (χ4v) is 1.38. The number of carbonyl (C=O) groups excluding carboxylic acids is 1. The number of aliphatic hydroxyl groups is 1. The smallest absolute Gasteiger partial charge is 0.226 e. The quantitative estimate of drug-likeness (QED) is 0.564. The van der Waals surface area contributed by atoms with E-state index < -0.39 is 0 Å². The van der Waals surface area contributed by atoms with E-state index in [4.69, 9.17) is 5.11 Å². The van der Waals surface area contributed by atoms with Crippen LogP contribution in [0.1, 0.15) is 6.92 Å². The summed E-state index contributed by atoms with van der Waals surface area (Å²) < 4.78 is 0. The SMILES string of the molecule is CC1CNCCN(CCO)C1=O. The molecule has 0 aromatic carbocycles. The van der Waals surface area contributed by atoms with Gasteiger partial charge >= 0.3 is 0 Å². The van der Waals surface area contributed by atoms with Crippen molar-refractivity contribution in [1.82, 2.24) is 10.2 Å². The third-order valence-electron chi connectivity index (χ3n) is 2.11. The van der Waals surface area contributed by atoms with Gasteiger partial charge in [-0.2, -0.15) is 0 Å². The summed E-state index contributed by atoms with van der Waals surface area (Å²) in [5, 5.41) is 11.9. The fraction of sp³-hybridized carbons (Fsp3) is 0.875. The van der Waals surface area contributed by atoms with Crippen molar-refractivity contribution in [3.8, 4) is 0 Å². The number of aliphatic hydroxyl groups excluding tert-OH is 1. The van der Waals surface area contributed by atoms with Gasteiger partial charge in [0.25, 0.3) is 0 Å². The van der Waals surface area contributed by atoms with Gasteiger partial charge in [-0.15, -0.1) is 0 Å². The van der Waals surface area contributed by atoms with Gasteiger partial charge in [0.15, 0.2) is 0 Å². The lowest BCUT2D eigenvalue weighted by atomic mass is 10.1. The van der Waals surface area contributed by atoms with Gasteiger partial charge in [-0.25, -0.2) is 0 Å². The van der Waals surface area contributed by atoms with Gasteiger partial charge in [0.1, 0.15) is 0 Å². The van der Waals surface area contributed by atoms with Gasteiger partial charge in [0, 0.05) is 32.1 Å². The summed E-state index contributed by atoms with van der Waals surface area (Å²) >= 11 is 0. The Bertz CT molecular complexity index is 161. The van der Waals surface area contributed by atoms with Gasteiger partial charge in [0.05, 0.1) is 6.61 Å². The molecule has 0 bridgehead atoms. The zero-order valence-corrected chi connectivity index (χ0v) is 7.42. The van der Waals surface area contributed by atoms with Crippen LogP contribution >= 0.6 is 0 Å². The highest BCUT2D eigenvalue weighted by Crippen LogP contribution is 2.03. The minimum Gasteiger partial charge on any atom is -0.395 e. The molecule has 1 amide bonds. The molecule has 0 aliphatic carbocycles.